The summed E-state index contributed by atoms with van der Waals surface area (Å²) in [5.41, 5.74) is -0.952. The molecule has 1 heterocycles. The van der Waals surface area contributed by atoms with Crippen LogP contribution in [0.1, 0.15) is 34.1 Å². The summed E-state index contributed by atoms with van der Waals surface area (Å²) in [6.45, 7) is 7.86. The molecule has 25 heavy (non-hydrogen) atoms. The van der Waals surface area contributed by atoms with E-state index in [1.807, 2.05) is 20.8 Å². The zero-order valence-corrected chi connectivity index (χ0v) is 16.9. The number of nitro groups is 1. The minimum Gasteiger partial charge on any atom is -0.480 e. The van der Waals surface area contributed by atoms with Crippen molar-refractivity contribution in [1.29, 1.82) is 0 Å². The number of hydrogen-bond acceptors (Lipinski definition) is 7. The fraction of sp³-hybridized carbons (Fsp3) is 0.600. The van der Waals surface area contributed by atoms with Gasteiger partial charge in [-0.15, -0.1) is 0 Å². The molecule has 3 atom stereocenters. The number of pyridine rings is 1. The highest BCUT2D eigenvalue weighted by Crippen LogP contribution is 2.44. The molecule has 0 spiro atoms. The van der Waals surface area contributed by atoms with Crippen LogP contribution < -0.4 is 0 Å². The van der Waals surface area contributed by atoms with Gasteiger partial charge >= 0.3 is 5.97 Å². The summed E-state index contributed by atoms with van der Waals surface area (Å²) < 4.78 is 10.9. The second-order valence-corrected chi connectivity index (χ2v) is 10.1. The lowest BCUT2D eigenvalue weighted by molar-refractivity contribution is -0.385. The van der Waals surface area contributed by atoms with Crippen molar-refractivity contribution >= 4 is 41.7 Å². The molecule has 1 aromatic heterocycles. The molecule has 0 amide bonds. The van der Waals surface area contributed by atoms with Crippen LogP contribution in [-0.4, -0.2) is 31.4 Å². The number of aliphatic carboxylic acids is 1. The minimum absolute atomic E-state index is 0.0486. The third kappa shape index (κ3) is 6.92. The Labute approximate surface area is 156 Å². The molecule has 0 aliphatic rings. The van der Waals surface area contributed by atoms with Crippen LogP contribution in [0.5, 0.6) is 0 Å². The van der Waals surface area contributed by atoms with E-state index in [-0.39, 0.29) is 30.7 Å². The number of rotatable bonds is 10. The molecule has 0 aliphatic heterocycles. The monoisotopic (exact) mass is 404 g/mol. The predicted molar refractivity (Wildman–Crippen MR) is 100 cm³/mol. The summed E-state index contributed by atoms with van der Waals surface area (Å²) in [4.78, 5) is 25.4. The molecule has 0 saturated carbocycles. The van der Waals surface area contributed by atoms with E-state index in [0.717, 1.165) is 6.42 Å². The lowest BCUT2D eigenvalue weighted by Crippen LogP contribution is -2.30. The first kappa shape index (κ1) is 21.9. The summed E-state index contributed by atoms with van der Waals surface area (Å²) in [6, 6.07) is 3.02. The van der Waals surface area contributed by atoms with Crippen LogP contribution in [0, 0.1) is 22.0 Å². The maximum atomic E-state index is 11.2. The average Bonchev–Trinajstić information content (AvgIpc) is 2.53. The Morgan fingerprint density at radius 3 is 2.52 bits per heavy atom. The Morgan fingerprint density at radius 2 is 2.08 bits per heavy atom. The van der Waals surface area contributed by atoms with Crippen LogP contribution >= 0.6 is 30.0 Å². The van der Waals surface area contributed by atoms with Gasteiger partial charge < -0.3 is 5.11 Å². The molecule has 138 valence electrons. The lowest BCUT2D eigenvalue weighted by atomic mass is 9.85. The summed E-state index contributed by atoms with van der Waals surface area (Å²) in [5, 5.41) is 20.4. The standard InChI is InChI=1S/C15H21N2O5PS2/c1-9(10(2)13(23-22)14(18)19)7-15(3,4)25-24-12-6-5-11(8-16-12)17(20)21/h5-6,8-10,13H,7H2,1-4H3,(H,18,19). The van der Waals surface area contributed by atoms with Gasteiger partial charge in [-0.2, -0.15) is 0 Å². The SMILES string of the molecule is CC(CC(C)(C)SSc1ccc([N+](=O)[O-])cn1)C(C)C(P=O)C(=O)O. The molecule has 10 heteroatoms. The zero-order chi connectivity index (χ0) is 19.2. The van der Waals surface area contributed by atoms with E-state index < -0.39 is 16.6 Å². The molecule has 0 radical (unpaired) electrons. The Hall–Kier alpha value is -1.18. The molecular formula is C15H21N2O5PS2. The number of aromatic nitrogens is 1. The molecule has 0 saturated heterocycles. The van der Waals surface area contributed by atoms with E-state index in [9.17, 15) is 19.5 Å². The van der Waals surface area contributed by atoms with Gasteiger partial charge in [-0.1, -0.05) is 24.6 Å². The molecule has 1 aromatic rings. The van der Waals surface area contributed by atoms with Gasteiger partial charge in [0, 0.05) is 10.8 Å². The van der Waals surface area contributed by atoms with Gasteiger partial charge in [-0.3, -0.25) is 19.5 Å². The zero-order valence-electron chi connectivity index (χ0n) is 14.4. The highest BCUT2D eigenvalue weighted by molar-refractivity contribution is 8.77. The van der Waals surface area contributed by atoms with Crippen molar-refractivity contribution in [2.75, 3.05) is 0 Å². The number of nitrogens with zero attached hydrogens (tertiary/aromatic N) is 2. The Bertz CT molecular complexity index is 627. The average molecular weight is 404 g/mol. The second-order valence-electron chi connectivity index (χ2n) is 6.47. The van der Waals surface area contributed by atoms with E-state index in [4.69, 9.17) is 5.11 Å². The molecule has 0 aromatic carbocycles. The summed E-state index contributed by atoms with van der Waals surface area (Å²) in [5.74, 6) is -1.21. The van der Waals surface area contributed by atoms with Crippen molar-refractivity contribution < 1.29 is 19.4 Å². The quantitative estimate of drug-likeness (QED) is 0.253. The molecule has 7 nitrogen and oxygen atoms in total. The highest BCUT2D eigenvalue weighted by Gasteiger charge is 2.33. The smallest absolute Gasteiger partial charge is 0.318 e. The van der Waals surface area contributed by atoms with Crippen LogP contribution in [-0.2, 0) is 9.36 Å². The second kappa shape index (κ2) is 9.50. The van der Waals surface area contributed by atoms with Gasteiger partial charge in [0.2, 0.25) is 0 Å². The van der Waals surface area contributed by atoms with Crippen LogP contribution in [0.4, 0.5) is 5.69 Å². The molecule has 0 aliphatic carbocycles. The van der Waals surface area contributed by atoms with E-state index in [1.165, 1.54) is 23.1 Å². The fourth-order valence-corrected chi connectivity index (χ4v) is 5.23. The normalized spacial score (nSPS) is 15.5. The minimum atomic E-state index is -1.05. The Kier molecular flexibility index (Phi) is 8.31. The van der Waals surface area contributed by atoms with E-state index in [0.29, 0.717) is 5.03 Å². The molecule has 0 bridgehead atoms. The molecule has 3 unspecified atom stereocenters. The van der Waals surface area contributed by atoms with Crippen molar-refractivity contribution in [3.05, 3.63) is 28.4 Å². The van der Waals surface area contributed by atoms with Crippen LogP contribution in [0.25, 0.3) is 0 Å². The molecular weight excluding hydrogens is 383 g/mol. The van der Waals surface area contributed by atoms with Gasteiger partial charge in [-0.25, -0.2) is 4.98 Å². The lowest BCUT2D eigenvalue weighted by Gasteiger charge is -2.30. The predicted octanol–water partition coefficient (Wildman–Crippen LogP) is 4.92. The molecule has 0 fully saturated rings. The Balaban J connectivity index is 2.63. The van der Waals surface area contributed by atoms with Crippen molar-refractivity contribution in [2.24, 2.45) is 11.8 Å². The van der Waals surface area contributed by atoms with Crippen molar-refractivity contribution in [3.8, 4) is 0 Å². The van der Waals surface area contributed by atoms with Gasteiger partial charge in [-0.05, 0) is 49.0 Å². The third-order valence-electron chi connectivity index (χ3n) is 3.86. The highest BCUT2D eigenvalue weighted by atomic mass is 33.1. The van der Waals surface area contributed by atoms with Gasteiger partial charge in [0.1, 0.15) is 16.9 Å². The summed E-state index contributed by atoms with van der Waals surface area (Å²) in [7, 11) is 2.63. The molecule has 1 rings (SSSR count). The first-order chi connectivity index (χ1) is 11.6. The van der Waals surface area contributed by atoms with E-state index in [2.05, 4.69) is 4.98 Å². The maximum absolute atomic E-state index is 11.2. The fourth-order valence-electron chi connectivity index (χ4n) is 2.36. The van der Waals surface area contributed by atoms with Crippen molar-refractivity contribution in [3.63, 3.8) is 0 Å². The number of hydrogen-bond donors (Lipinski definition) is 1. The number of carbonyl (C=O) groups is 1. The summed E-state index contributed by atoms with van der Waals surface area (Å²) in [6.07, 6.45) is 1.96. The van der Waals surface area contributed by atoms with Gasteiger partial charge in [0.15, 0.2) is 8.46 Å². The topological polar surface area (TPSA) is 110 Å². The maximum Gasteiger partial charge on any atom is 0.318 e. The number of carboxylic acids is 1. The van der Waals surface area contributed by atoms with Crippen molar-refractivity contribution in [2.45, 2.75) is 49.5 Å². The van der Waals surface area contributed by atoms with Gasteiger partial charge in [0.05, 0.1) is 4.92 Å². The van der Waals surface area contributed by atoms with Crippen LogP contribution in [0.3, 0.4) is 0 Å². The largest absolute Gasteiger partial charge is 0.480 e. The van der Waals surface area contributed by atoms with Crippen LogP contribution in [0.2, 0.25) is 0 Å². The Morgan fingerprint density at radius 1 is 1.44 bits per heavy atom. The first-order valence-corrected chi connectivity index (χ1v) is 10.6. The van der Waals surface area contributed by atoms with Crippen molar-refractivity contribution in [1.82, 2.24) is 4.98 Å². The summed E-state index contributed by atoms with van der Waals surface area (Å²) >= 11 is 0. The number of carboxylic acid groups (broad SMARTS) is 1. The first-order valence-electron chi connectivity index (χ1n) is 7.59. The van der Waals surface area contributed by atoms with Gasteiger partial charge in [0.25, 0.3) is 5.69 Å². The van der Waals surface area contributed by atoms with Crippen LogP contribution in [0.15, 0.2) is 23.4 Å². The van der Waals surface area contributed by atoms with E-state index >= 15 is 0 Å². The molecule has 1 N–H and O–H groups in total. The van der Waals surface area contributed by atoms with E-state index in [1.54, 1.807) is 23.8 Å². The third-order valence-corrected chi connectivity index (χ3v) is 8.01.